The van der Waals surface area contributed by atoms with Gasteiger partial charge in [0.15, 0.2) is 0 Å². The van der Waals surface area contributed by atoms with Crippen molar-refractivity contribution in [1.82, 2.24) is 19.9 Å². The normalized spacial score (nSPS) is 19.5. The Hall–Kier alpha value is -2.44. The van der Waals surface area contributed by atoms with Crippen molar-refractivity contribution in [3.8, 4) is 11.3 Å². The standard InChI is InChI=1S/C17H16F2N4O/c18-17(19)6-12(7-17)16(24)23-5-3-14-13(9-23)15(22-10-21-14)11-2-1-4-20-8-11/h1-2,4,8,10,12H,3,5-7,9H2. The molecule has 2 aromatic heterocycles. The molecule has 0 saturated heterocycles. The second-order valence-corrected chi connectivity index (χ2v) is 6.36. The SMILES string of the molecule is O=C(C1CC(F)(F)C1)N1CCc2ncnc(-c3cccnc3)c2C1. The minimum Gasteiger partial charge on any atom is -0.338 e. The lowest BCUT2D eigenvalue weighted by atomic mass is 9.80. The Morgan fingerprint density at radius 2 is 2.12 bits per heavy atom. The molecular weight excluding hydrogens is 314 g/mol. The molecule has 3 heterocycles. The fraction of sp³-hybridized carbons (Fsp3) is 0.412. The number of aromatic nitrogens is 3. The van der Waals surface area contributed by atoms with E-state index in [0.29, 0.717) is 19.5 Å². The van der Waals surface area contributed by atoms with Gasteiger partial charge in [-0.1, -0.05) is 0 Å². The van der Waals surface area contributed by atoms with Crippen molar-refractivity contribution in [2.24, 2.45) is 5.92 Å². The third kappa shape index (κ3) is 2.64. The van der Waals surface area contributed by atoms with E-state index in [1.54, 1.807) is 17.3 Å². The zero-order valence-electron chi connectivity index (χ0n) is 13.0. The highest BCUT2D eigenvalue weighted by Crippen LogP contribution is 2.43. The van der Waals surface area contributed by atoms with Crippen LogP contribution in [0.1, 0.15) is 24.1 Å². The summed E-state index contributed by atoms with van der Waals surface area (Å²) in [6, 6.07) is 3.73. The van der Waals surface area contributed by atoms with Gasteiger partial charge in [-0.05, 0) is 12.1 Å². The molecule has 1 saturated carbocycles. The predicted molar refractivity (Wildman–Crippen MR) is 82.1 cm³/mol. The average Bonchev–Trinajstić information content (AvgIpc) is 2.58. The molecule has 0 spiro atoms. The van der Waals surface area contributed by atoms with Crippen molar-refractivity contribution in [1.29, 1.82) is 0 Å². The number of rotatable bonds is 2. The van der Waals surface area contributed by atoms with Gasteiger partial charge in [-0.3, -0.25) is 9.78 Å². The molecule has 0 unspecified atom stereocenters. The molecule has 0 bridgehead atoms. The zero-order chi connectivity index (χ0) is 16.7. The van der Waals surface area contributed by atoms with E-state index in [-0.39, 0.29) is 18.7 Å². The van der Waals surface area contributed by atoms with E-state index >= 15 is 0 Å². The van der Waals surface area contributed by atoms with Crippen molar-refractivity contribution in [2.45, 2.75) is 31.7 Å². The first-order chi connectivity index (χ1) is 11.5. The van der Waals surface area contributed by atoms with Crippen LogP contribution in [0.3, 0.4) is 0 Å². The van der Waals surface area contributed by atoms with Crippen LogP contribution in [0, 0.1) is 5.92 Å². The predicted octanol–water partition coefficient (Wildman–Crippen LogP) is 2.47. The summed E-state index contributed by atoms with van der Waals surface area (Å²) in [5.74, 6) is -3.43. The topological polar surface area (TPSA) is 59.0 Å². The third-order valence-electron chi connectivity index (χ3n) is 4.69. The summed E-state index contributed by atoms with van der Waals surface area (Å²) in [5.41, 5.74) is 3.41. The van der Waals surface area contributed by atoms with Gasteiger partial charge in [-0.25, -0.2) is 18.7 Å². The molecule has 1 aliphatic carbocycles. The molecule has 7 heteroatoms. The van der Waals surface area contributed by atoms with Gasteiger partial charge >= 0.3 is 0 Å². The van der Waals surface area contributed by atoms with E-state index in [1.807, 2.05) is 12.1 Å². The highest BCUT2D eigenvalue weighted by Gasteiger charge is 2.50. The molecule has 0 radical (unpaired) electrons. The van der Waals surface area contributed by atoms with Crippen molar-refractivity contribution >= 4 is 5.91 Å². The number of halogens is 2. The van der Waals surface area contributed by atoms with Crippen LogP contribution in [0.2, 0.25) is 0 Å². The van der Waals surface area contributed by atoms with E-state index in [1.165, 1.54) is 6.33 Å². The number of nitrogens with zero attached hydrogens (tertiary/aromatic N) is 4. The van der Waals surface area contributed by atoms with E-state index < -0.39 is 11.8 Å². The summed E-state index contributed by atoms with van der Waals surface area (Å²) < 4.78 is 26.1. The molecule has 1 amide bonds. The lowest BCUT2D eigenvalue weighted by molar-refractivity contribution is -0.160. The summed E-state index contributed by atoms with van der Waals surface area (Å²) in [6.45, 7) is 0.874. The number of amides is 1. The number of carbonyl (C=O) groups excluding carboxylic acids is 1. The van der Waals surface area contributed by atoms with Gasteiger partial charge in [0.1, 0.15) is 6.33 Å². The van der Waals surface area contributed by atoms with Crippen molar-refractivity contribution in [3.63, 3.8) is 0 Å². The molecule has 0 aromatic carbocycles. The summed E-state index contributed by atoms with van der Waals surface area (Å²) in [5, 5.41) is 0. The molecule has 4 rings (SSSR count). The number of pyridine rings is 1. The van der Waals surface area contributed by atoms with Gasteiger partial charge in [0.25, 0.3) is 0 Å². The Morgan fingerprint density at radius 3 is 2.83 bits per heavy atom. The van der Waals surface area contributed by atoms with Crippen LogP contribution in [0.4, 0.5) is 8.78 Å². The molecule has 2 aliphatic rings. The van der Waals surface area contributed by atoms with Crippen molar-refractivity contribution in [2.75, 3.05) is 6.54 Å². The first-order valence-corrected chi connectivity index (χ1v) is 7.93. The quantitative estimate of drug-likeness (QED) is 0.849. The molecular formula is C17H16F2N4O. The lowest BCUT2D eigenvalue weighted by Crippen LogP contribution is -2.48. The number of hydrogen-bond acceptors (Lipinski definition) is 4. The van der Waals surface area contributed by atoms with Gasteiger partial charge in [0.2, 0.25) is 11.8 Å². The number of carbonyl (C=O) groups is 1. The smallest absolute Gasteiger partial charge is 0.249 e. The minimum atomic E-state index is -2.68. The molecule has 1 fully saturated rings. The fourth-order valence-electron chi connectivity index (χ4n) is 3.37. The van der Waals surface area contributed by atoms with Crippen LogP contribution in [0.25, 0.3) is 11.3 Å². The summed E-state index contributed by atoms with van der Waals surface area (Å²) in [6.07, 6.45) is 4.86. The van der Waals surface area contributed by atoms with Gasteiger partial charge in [-0.15, -0.1) is 0 Å². The molecule has 0 atom stereocenters. The van der Waals surface area contributed by atoms with Crippen LogP contribution >= 0.6 is 0 Å². The van der Waals surface area contributed by atoms with Crippen LogP contribution in [-0.2, 0) is 17.8 Å². The number of fused-ring (bicyclic) bond motifs is 1. The van der Waals surface area contributed by atoms with E-state index in [9.17, 15) is 13.6 Å². The maximum absolute atomic E-state index is 13.0. The molecule has 2 aromatic rings. The van der Waals surface area contributed by atoms with Crippen molar-refractivity contribution in [3.05, 3.63) is 42.1 Å². The maximum Gasteiger partial charge on any atom is 0.249 e. The highest BCUT2D eigenvalue weighted by molar-refractivity contribution is 5.80. The fourth-order valence-corrected chi connectivity index (χ4v) is 3.37. The van der Waals surface area contributed by atoms with Crippen LogP contribution in [0.15, 0.2) is 30.9 Å². The Balaban J connectivity index is 1.59. The van der Waals surface area contributed by atoms with Gasteiger partial charge in [0, 0.05) is 61.8 Å². The Kier molecular flexibility index (Phi) is 3.51. The largest absolute Gasteiger partial charge is 0.338 e. The lowest BCUT2D eigenvalue weighted by Gasteiger charge is -2.38. The molecule has 1 aliphatic heterocycles. The highest BCUT2D eigenvalue weighted by atomic mass is 19.3. The Labute approximate surface area is 137 Å². The zero-order valence-corrected chi connectivity index (χ0v) is 13.0. The molecule has 0 N–H and O–H groups in total. The first-order valence-electron chi connectivity index (χ1n) is 7.93. The number of alkyl halides is 2. The first kappa shape index (κ1) is 15.1. The van der Waals surface area contributed by atoms with Gasteiger partial charge < -0.3 is 4.90 Å². The Morgan fingerprint density at radius 1 is 1.29 bits per heavy atom. The number of hydrogen-bond donors (Lipinski definition) is 0. The summed E-state index contributed by atoms with van der Waals surface area (Å²) in [7, 11) is 0. The monoisotopic (exact) mass is 330 g/mol. The Bertz CT molecular complexity index is 773. The van der Waals surface area contributed by atoms with E-state index in [4.69, 9.17) is 0 Å². The van der Waals surface area contributed by atoms with Crippen LogP contribution in [-0.4, -0.2) is 38.2 Å². The molecule has 24 heavy (non-hydrogen) atoms. The minimum absolute atomic E-state index is 0.187. The second kappa shape index (κ2) is 5.58. The van der Waals surface area contributed by atoms with Crippen LogP contribution in [0.5, 0.6) is 0 Å². The summed E-state index contributed by atoms with van der Waals surface area (Å²) in [4.78, 5) is 26.9. The van der Waals surface area contributed by atoms with E-state index in [2.05, 4.69) is 15.0 Å². The van der Waals surface area contributed by atoms with Gasteiger partial charge in [-0.2, -0.15) is 0 Å². The van der Waals surface area contributed by atoms with Crippen LogP contribution < -0.4 is 0 Å². The van der Waals surface area contributed by atoms with E-state index in [0.717, 1.165) is 22.5 Å². The molecule has 124 valence electrons. The average molecular weight is 330 g/mol. The van der Waals surface area contributed by atoms with Crippen molar-refractivity contribution < 1.29 is 13.6 Å². The maximum atomic E-state index is 13.0. The van der Waals surface area contributed by atoms with Gasteiger partial charge in [0.05, 0.1) is 11.4 Å². The summed E-state index contributed by atoms with van der Waals surface area (Å²) >= 11 is 0. The second-order valence-electron chi connectivity index (χ2n) is 6.36. The third-order valence-corrected chi connectivity index (χ3v) is 4.69. The molecule has 5 nitrogen and oxygen atoms in total.